The first-order valence-corrected chi connectivity index (χ1v) is 9.76. The molecular formula is C23H19ClN2O4. The normalized spacial score (nSPS) is 14.9. The predicted molar refractivity (Wildman–Crippen MR) is 115 cm³/mol. The van der Waals surface area contributed by atoms with Crippen molar-refractivity contribution in [1.82, 2.24) is 0 Å². The molecule has 0 radical (unpaired) electrons. The van der Waals surface area contributed by atoms with Crippen LogP contribution in [0.25, 0.3) is 0 Å². The van der Waals surface area contributed by atoms with Gasteiger partial charge in [0.2, 0.25) is 0 Å². The molecule has 0 aliphatic carbocycles. The second-order valence-electron chi connectivity index (χ2n) is 6.82. The summed E-state index contributed by atoms with van der Waals surface area (Å²) in [5.74, 6) is 0.705. The van der Waals surface area contributed by atoms with Gasteiger partial charge in [-0.15, -0.1) is 0 Å². The van der Waals surface area contributed by atoms with Gasteiger partial charge in [-0.05, 0) is 55.5 Å². The fraction of sp³-hybridized carbons (Fsp3) is 0.130. The van der Waals surface area contributed by atoms with Crippen molar-refractivity contribution in [2.45, 2.75) is 19.6 Å². The molecule has 1 heterocycles. The molecule has 30 heavy (non-hydrogen) atoms. The maximum atomic E-state index is 12.5. The molecule has 6 nitrogen and oxygen atoms in total. The van der Waals surface area contributed by atoms with Gasteiger partial charge in [-0.25, -0.2) is 0 Å². The lowest BCUT2D eigenvalue weighted by Gasteiger charge is -2.23. The summed E-state index contributed by atoms with van der Waals surface area (Å²) in [5.41, 5.74) is 2.45. The molecule has 0 bridgehead atoms. The van der Waals surface area contributed by atoms with Gasteiger partial charge < -0.3 is 20.1 Å². The maximum absolute atomic E-state index is 12.5. The largest absolute Gasteiger partial charge is 0.489 e. The van der Waals surface area contributed by atoms with E-state index in [1.54, 1.807) is 49.4 Å². The summed E-state index contributed by atoms with van der Waals surface area (Å²) in [4.78, 5) is 24.3. The van der Waals surface area contributed by atoms with Crippen LogP contribution in [-0.4, -0.2) is 17.9 Å². The zero-order valence-electron chi connectivity index (χ0n) is 16.1. The lowest BCUT2D eigenvalue weighted by Crippen LogP contribution is -2.34. The minimum atomic E-state index is -0.545. The van der Waals surface area contributed by atoms with Gasteiger partial charge in [0, 0.05) is 21.8 Å². The Balaban J connectivity index is 1.39. The van der Waals surface area contributed by atoms with Crippen molar-refractivity contribution in [1.29, 1.82) is 0 Å². The molecule has 0 unspecified atom stereocenters. The SMILES string of the molecule is C[C@H]1Oc2ccc(NC(=O)c3ccc(OCc4ccccc4Cl)cc3)cc2NC1=O. The Hall–Kier alpha value is -3.51. The van der Waals surface area contributed by atoms with E-state index in [0.29, 0.717) is 40.1 Å². The first kappa shape index (κ1) is 19.8. The quantitative estimate of drug-likeness (QED) is 0.613. The van der Waals surface area contributed by atoms with Crippen LogP contribution in [0.4, 0.5) is 11.4 Å². The van der Waals surface area contributed by atoms with Crippen LogP contribution in [0.3, 0.4) is 0 Å². The van der Waals surface area contributed by atoms with Gasteiger partial charge in [0.05, 0.1) is 5.69 Å². The molecule has 1 atom stereocenters. The molecule has 1 aliphatic rings. The number of rotatable bonds is 5. The zero-order valence-corrected chi connectivity index (χ0v) is 16.9. The molecule has 152 valence electrons. The second kappa shape index (κ2) is 8.47. The summed E-state index contributed by atoms with van der Waals surface area (Å²) >= 11 is 6.13. The van der Waals surface area contributed by atoms with Gasteiger partial charge in [0.1, 0.15) is 18.1 Å². The van der Waals surface area contributed by atoms with Crippen molar-refractivity contribution in [3.63, 3.8) is 0 Å². The van der Waals surface area contributed by atoms with Crippen LogP contribution in [-0.2, 0) is 11.4 Å². The van der Waals surface area contributed by atoms with E-state index in [9.17, 15) is 9.59 Å². The first-order valence-electron chi connectivity index (χ1n) is 9.39. The molecule has 3 aromatic carbocycles. The molecule has 4 rings (SSSR count). The average molecular weight is 423 g/mol. The number of carbonyl (C=O) groups is 2. The van der Waals surface area contributed by atoms with Crippen LogP contribution in [0.15, 0.2) is 66.7 Å². The highest BCUT2D eigenvalue weighted by Crippen LogP contribution is 2.32. The van der Waals surface area contributed by atoms with Gasteiger partial charge >= 0.3 is 0 Å². The molecule has 0 aromatic heterocycles. The highest BCUT2D eigenvalue weighted by molar-refractivity contribution is 6.31. The minimum Gasteiger partial charge on any atom is -0.489 e. The predicted octanol–water partition coefficient (Wildman–Crippen LogP) is 4.89. The monoisotopic (exact) mass is 422 g/mol. The minimum absolute atomic E-state index is 0.224. The Kier molecular flexibility index (Phi) is 5.59. The topological polar surface area (TPSA) is 76.7 Å². The number of hydrogen-bond acceptors (Lipinski definition) is 4. The number of benzene rings is 3. The van der Waals surface area contributed by atoms with Crippen molar-refractivity contribution in [2.24, 2.45) is 0 Å². The van der Waals surface area contributed by atoms with Crippen molar-refractivity contribution >= 4 is 34.8 Å². The summed E-state index contributed by atoms with van der Waals surface area (Å²) in [5, 5.41) is 6.22. The number of carbonyl (C=O) groups excluding carboxylic acids is 2. The number of halogens is 1. The number of nitrogens with one attached hydrogen (secondary N) is 2. The molecule has 0 fully saturated rings. The molecular weight excluding hydrogens is 404 g/mol. The molecule has 0 spiro atoms. The average Bonchev–Trinajstić information content (AvgIpc) is 2.74. The Bertz CT molecular complexity index is 1100. The van der Waals surface area contributed by atoms with Crippen LogP contribution < -0.4 is 20.1 Å². The first-order chi connectivity index (χ1) is 14.5. The maximum Gasteiger partial charge on any atom is 0.265 e. The van der Waals surface area contributed by atoms with Crippen LogP contribution in [0.5, 0.6) is 11.5 Å². The van der Waals surface area contributed by atoms with E-state index in [1.165, 1.54) is 0 Å². The lowest BCUT2D eigenvalue weighted by atomic mass is 10.1. The van der Waals surface area contributed by atoms with E-state index < -0.39 is 6.10 Å². The van der Waals surface area contributed by atoms with Gasteiger partial charge in [-0.2, -0.15) is 0 Å². The second-order valence-corrected chi connectivity index (χ2v) is 7.23. The Labute approximate surface area is 178 Å². The van der Waals surface area contributed by atoms with Gasteiger partial charge in [-0.3, -0.25) is 9.59 Å². The summed E-state index contributed by atoms with van der Waals surface area (Å²) in [6.07, 6.45) is -0.545. The molecule has 1 aliphatic heterocycles. The summed E-state index contributed by atoms with van der Waals surface area (Å²) in [6, 6.07) is 19.4. The number of anilines is 2. The van der Waals surface area contributed by atoms with Gasteiger partial charge in [0.25, 0.3) is 11.8 Å². The molecule has 7 heteroatoms. The van der Waals surface area contributed by atoms with E-state index in [4.69, 9.17) is 21.1 Å². The van der Waals surface area contributed by atoms with Crippen molar-refractivity contribution in [2.75, 3.05) is 10.6 Å². The van der Waals surface area contributed by atoms with E-state index >= 15 is 0 Å². The fourth-order valence-corrected chi connectivity index (χ4v) is 3.16. The standard InChI is InChI=1S/C23H19ClN2O4/c1-14-22(27)26-20-12-17(8-11-21(20)30-14)25-23(28)15-6-9-18(10-7-15)29-13-16-4-2-3-5-19(16)24/h2-12,14H,13H2,1H3,(H,25,28)(H,26,27)/t14-/m1/s1. The third kappa shape index (κ3) is 4.39. The lowest BCUT2D eigenvalue weighted by molar-refractivity contribution is -0.122. The fourth-order valence-electron chi connectivity index (χ4n) is 2.97. The summed E-state index contributed by atoms with van der Waals surface area (Å²) < 4.78 is 11.3. The third-order valence-corrected chi connectivity index (χ3v) is 5.01. The Morgan fingerprint density at radius 2 is 1.90 bits per heavy atom. The van der Waals surface area contributed by atoms with Crippen LogP contribution in [0.1, 0.15) is 22.8 Å². The highest BCUT2D eigenvalue weighted by Gasteiger charge is 2.23. The Morgan fingerprint density at radius 3 is 2.67 bits per heavy atom. The van der Waals surface area contributed by atoms with Crippen molar-refractivity contribution in [3.05, 3.63) is 82.9 Å². The van der Waals surface area contributed by atoms with Crippen LogP contribution in [0, 0.1) is 0 Å². The molecule has 2 amide bonds. The molecule has 2 N–H and O–H groups in total. The number of hydrogen-bond donors (Lipinski definition) is 2. The number of fused-ring (bicyclic) bond motifs is 1. The zero-order chi connectivity index (χ0) is 21.1. The van der Waals surface area contributed by atoms with E-state index in [0.717, 1.165) is 5.56 Å². The third-order valence-electron chi connectivity index (χ3n) is 4.64. The van der Waals surface area contributed by atoms with Crippen LogP contribution in [0.2, 0.25) is 5.02 Å². The van der Waals surface area contributed by atoms with E-state index in [-0.39, 0.29) is 11.8 Å². The van der Waals surface area contributed by atoms with Gasteiger partial charge in [-0.1, -0.05) is 29.8 Å². The van der Waals surface area contributed by atoms with Gasteiger partial charge in [0.15, 0.2) is 6.10 Å². The van der Waals surface area contributed by atoms with E-state index in [1.807, 2.05) is 24.3 Å². The Morgan fingerprint density at radius 1 is 1.13 bits per heavy atom. The van der Waals surface area contributed by atoms with Crippen molar-refractivity contribution in [3.8, 4) is 11.5 Å². The molecule has 0 saturated carbocycles. The van der Waals surface area contributed by atoms with E-state index in [2.05, 4.69) is 10.6 Å². The highest BCUT2D eigenvalue weighted by atomic mass is 35.5. The molecule has 0 saturated heterocycles. The smallest absolute Gasteiger partial charge is 0.265 e. The van der Waals surface area contributed by atoms with Crippen molar-refractivity contribution < 1.29 is 19.1 Å². The number of amides is 2. The van der Waals surface area contributed by atoms with Crippen LogP contribution >= 0.6 is 11.6 Å². The number of ether oxygens (including phenoxy) is 2. The summed E-state index contributed by atoms with van der Waals surface area (Å²) in [7, 11) is 0. The molecule has 3 aromatic rings. The summed E-state index contributed by atoms with van der Waals surface area (Å²) in [6.45, 7) is 2.02.